The summed E-state index contributed by atoms with van der Waals surface area (Å²) < 4.78 is 11.0. The first-order valence-corrected chi connectivity index (χ1v) is 7.10. The molecule has 7 nitrogen and oxygen atoms in total. The number of aliphatic imine (C=N–C) groups is 1. The van der Waals surface area contributed by atoms with E-state index < -0.39 is 5.97 Å². The van der Waals surface area contributed by atoms with Crippen LogP contribution in [-0.4, -0.2) is 41.4 Å². The lowest BCUT2D eigenvalue weighted by atomic mass is 10.2. The van der Waals surface area contributed by atoms with E-state index in [1.54, 1.807) is 0 Å². The molecule has 3 rings (SSSR count). The third-order valence-electron chi connectivity index (χ3n) is 2.74. The molecule has 0 saturated carbocycles. The molecule has 0 bridgehead atoms. The Morgan fingerprint density at radius 1 is 1.40 bits per heavy atom. The van der Waals surface area contributed by atoms with Gasteiger partial charge in [0, 0.05) is 5.56 Å². The van der Waals surface area contributed by atoms with Crippen LogP contribution in [0.4, 0.5) is 0 Å². The predicted molar refractivity (Wildman–Crippen MR) is 74.1 cm³/mol. The van der Waals surface area contributed by atoms with Gasteiger partial charge in [-0.15, -0.1) is 11.8 Å². The van der Waals surface area contributed by atoms with Crippen LogP contribution in [0.15, 0.2) is 23.2 Å². The summed E-state index contributed by atoms with van der Waals surface area (Å²) in [6.45, 7) is 1.09. The maximum absolute atomic E-state index is 10.5. The van der Waals surface area contributed by atoms with Gasteiger partial charge < -0.3 is 20.0 Å². The molecular formula is C12H13N3O4S. The van der Waals surface area contributed by atoms with E-state index in [4.69, 9.17) is 14.6 Å². The van der Waals surface area contributed by atoms with Crippen molar-refractivity contribution in [3.63, 3.8) is 0 Å². The smallest absolute Gasteiger partial charge is 0.313 e. The SMILES string of the molecule is O=C(O)CSC1N=C(c2ccc3c(c2)OCCO3)NN1. The Bertz CT molecular complexity index is 564. The number of nitrogens with zero attached hydrogens (tertiary/aromatic N) is 1. The summed E-state index contributed by atoms with van der Waals surface area (Å²) in [5, 5.41) is 8.64. The molecule has 2 aliphatic rings. The highest BCUT2D eigenvalue weighted by molar-refractivity contribution is 8.00. The van der Waals surface area contributed by atoms with Crippen LogP contribution >= 0.6 is 11.8 Å². The number of carbonyl (C=O) groups is 1. The van der Waals surface area contributed by atoms with Gasteiger partial charge in [-0.05, 0) is 18.2 Å². The molecule has 0 aliphatic carbocycles. The van der Waals surface area contributed by atoms with Crippen LogP contribution < -0.4 is 20.3 Å². The zero-order valence-electron chi connectivity index (χ0n) is 10.5. The fourth-order valence-corrected chi connectivity index (χ4v) is 2.50. The standard InChI is InChI=1S/C12H13N3O4S/c16-10(17)6-20-12-13-11(14-15-12)7-1-2-8-9(5-7)19-4-3-18-8/h1-2,5,12,15H,3-4,6H2,(H,13,14)(H,16,17). The lowest BCUT2D eigenvalue weighted by Gasteiger charge is -2.18. The Morgan fingerprint density at radius 3 is 3.00 bits per heavy atom. The highest BCUT2D eigenvalue weighted by Gasteiger charge is 2.20. The van der Waals surface area contributed by atoms with Gasteiger partial charge in [0.25, 0.3) is 0 Å². The number of carboxylic acid groups (broad SMARTS) is 1. The van der Waals surface area contributed by atoms with Crippen LogP contribution in [0, 0.1) is 0 Å². The summed E-state index contributed by atoms with van der Waals surface area (Å²) in [5.41, 5.74) is 6.41. The number of rotatable bonds is 4. The third kappa shape index (κ3) is 2.81. The molecule has 0 fully saturated rings. The number of carboxylic acids is 1. The van der Waals surface area contributed by atoms with Gasteiger partial charge in [-0.25, -0.2) is 10.4 Å². The number of amidine groups is 1. The van der Waals surface area contributed by atoms with Gasteiger partial charge in [0.15, 0.2) is 17.0 Å². The molecule has 1 aromatic carbocycles. The quantitative estimate of drug-likeness (QED) is 0.741. The Balaban J connectivity index is 1.73. The van der Waals surface area contributed by atoms with Crippen molar-refractivity contribution in [3.05, 3.63) is 23.8 Å². The van der Waals surface area contributed by atoms with E-state index in [1.807, 2.05) is 18.2 Å². The van der Waals surface area contributed by atoms with Crippen LogP contribution in [0.25, 0.3) is 0 Å². The number of fused-ring (bicyclic) bond motifs is 1. The van der Waals surface area contributed by atoms with Gasteiger partial charge in [-0.3, -0.25) is 4.79 Å². The van der Waals surface area contributed by atoms with Gasteiger partial charge in [-0.1, -0.05) is 0 Å². The second-order valence-electron chi connectivity index (χ2n) is 4.16. The van der Waals surface area contributed by atoms with Crippen LogP contribution in [-0.2, 0) is 4.79 Å². The Hall–Kier alpha value is -1.93. The van der Waals surface area contributed by atoms with Crippen molar-refractivity contribution in [3.8, 4) is 11.5 Å². The molecule has 2 heterocycles. The van der Waals surface area contributed by atoms with Crippen molar-refractivity contribution < 1.29 is 19.4 Å². The van der Waals surface area contributed by atoms with Gasteiger partial charge in [0.05, 0.1) is 5.75 Å². The second kappa shape index (κ2) is 5.59. The monoisotopic (exact) mass is 295 g/mol. The van der Waals surface area contributed by atoms with Gasteiger partial charge >= 0.3 is 5.97 Å². The summed E-state index contributed by atoms with van der Waals surface area (Å²) >= 11 is 1.20. The molecule has 0 amide bonds. The van der Waals surface area contributed by atoms with Gasteiger partial charge in [-0.2, -0.15) is 0 Å². The Labute approximate surface area is 119 Å². The number of hydrogen-bond donors (Lipinski definition) is 3. The third-order valence-corrected chi connectivity index (χ3v) is 3.69. The lowest BCUT2D eigenvalue weighted by molar-refractivity contribution is -0.133. The van der Waals surface area contributed by atoms with Crippen LogP contribution in [0.1, 0.15) is 5.56 Å². The molecule has 106 valence electrons. The topological polar surface area (TPSA) is 92.2 Å². The summed E-state index contributed by atoms with van der Waals surface area (Å²) in [6, 6.07) is 5.57. The maximum atomic E-state index is 10.5. The van der Waals surface area contributed by atoms with E-state index in [9.17, 15) is 4.79 Å². The zero-order chi connectivity index (χ0) is 13.9. The average molecular weight is 295 g/mol. The normalized spacial score (nSPS) is 20.2. The molecule has 8 heteroatoms. The number of benzene rings is 1. The maximum Gasteiger partial charge on any atom is 0.313 e. The largest absolute Gasteiger partial charge is 0.486 e. The highest BCUT2D eigenvalue weighted by Crippen LogP contribution is 2.31. The molecule has 1 unspecified atom stereocenters. The van der Waals surface area contributed by atoms with Gasteiger partial charge in [0.2, 0.25) is 0 Å². The number of nitrogens with one attached hydrogen (secondary N) is 2. The van der Waals surface area contributed by atoms with Crippen molar-refractivity contribution in [2.75, 3.05) is 19.0 Å². The average Bonchev–Trinajstić information content (AvgIpc) is 2.93. The molecule has 3 N–H and O–H groups in total. The second-order valence-corrected chi connectivity index (χ2v) is 5.23. The molecule has 0 saturated heterocycles. The molecule has 1 atom stereocenters. The molecule has 1 aromatic rings. The van der Waals surface area contributed by atoms with E-state index in [0.29, 0.717) is 24.8 Å². The molecular weight excluding hydrogens is 282 g/mol. The van der Waals surface area contributed by atoms with Crippen molar-refractivity contribution in [1.82, 2.24) is 10.9 Å². The van der Waals surface area contributed by atoms with E-state index >= 15 is 0 Å². The van der Waals surface area contributed by atoms with Crippen molar-refractivity contribution in [1.29, 1.82) is 0 Å². The minimum Gasteiger partial charge on any atom is -0.486 e. The summed E-state index contributed by atoms with van der Waals surface area (Å²) in [7, 11) is 0. The summed E-state index contributed by atoms with van der Waals surface area (Å²) in [4.78, 5) is 14.9. The minimum atomic E-state index is -0.861. The summed E-state index contributed by atoms with van der Waals surface area (Å²) in [5.74, 6) is 1.21. The van der Waals surface area contributed by atoms with Crippen LogP contribution in [0.5, 0.6) is 11.5 Å². The first-order valence-electron chi connectivity index (χ1n) is 6.05. The Morgan fingerprint density at radius 2 is 2.20 bits per heavy atom. The van der Waals surface area contributed by atoms with E-state index in [1.165, 1.54) is 11.8 Å². The van der Waals surface area contributed by atoms with E-state index in [0.717, 1.165) is 11.3 Å². The molecule has 0 spiro atoms. The Kier molecular flexibility index (Phi) is 3.66. The molecule has 20 heavy (non-hydrogen) atoms. The lowest BCUT2D eigenvalue weighted by Crippen LogP contribution is -2.34. The number of hydrogen-bond acceptors (Lipinski definition) is 7. The number of aliphatic carboxylic acids is 1. The van der Waals surface area contributed by atoms with Gasteiger partial charge in [0.1, 0.15) is 19.0 Å². The predicted octanol–water partition coefficient (Wildman–Crippen LogP) is 0.414. The van der Waals surface area contributed by atoms with E-state index in [2.05, 4.69) is 15.8 Å². The van der Waals surface area contributed by atoms with E-state index in [-0.39, 0.29) is 11.3 Å². The first-order chi connectivity index (χ1) is 9.72. The van der Waals surface area contributed by atoms with Crippen LogP contribution in [0.2, 0.25) is 0 Å². The first kappa shape index (κ1) is 13.1. The van der Waals surface area contributed by atoms with Crippen molar-refractivity contribution in [2.45, 2.75) is 5.50 Å². The number of hydrazine groups is 1. The van der Waals surface area contributed by atoms with Crippen LogP contribution in [0.3, 0.4) is 0 Å². The fraction of sp³-hybridized carbons (Fsp3) is 0.333. The highest BCUT2D eigenvalue weighted by atomic mass is 32.2. The molecule has 0 radical (unpaired) electrons. The summed E-state index contributed by atoms with van der Waals surface area (Å²) in [6.07, 6.45) is 0. The fourth-order valence-electron chi connectivity index (χ4n) is 1.88. The van der Waals surface area contributed by atoms with Crippen molar-refractivity contribution >= 4 is 23.6 Å². The number of thioether (sulfide) groups is 1. The molecule has 0 aromatic heterocycles. The zero-order valence-corrected chi connectivity index (χ0v) is 11.3. The minimum absolute atomic E-state index is 0.00271. The van der Waals surface area contributed by atoms with Crippen molar-refractivity contribution in [2.24, 2.45) is 4.99 Å². The molecule has 2 aliphatic heterocycles. The number of ether oxygens (including phenoxy) is 2.